The van der Waals surface area contributed by atoms with Gasteiger partial charge in [-0.2, -0.15) is 0 Å². The largest absolute Gasteiger partial charge is 0.480 e. The first-order valence-electron chi connectivity index (χ1n) is 13.9. The van der Waals surface area contributed by atoms with Crippen LogP contribution in [-0.4, -0.2) is 71.0 Å². The molecule has 4 unspecified atom stereocenters. The average Bonchev–Trinajstić information content (AvgIpc) is 3.33. The van der Waals surface area contributed by atoms with Gasteiger partial charge in [0.1, 0.15) is 18.1 Å². The van der Waals surface area contributed by atoms with Crippen LogP contribution in [0, 0.1) is 5.92 Å². The summed E-state index contributed by atoms with van der Waals surface area (Å²) in [7, 11) is 0. The highest BCUT2D eigenvalue weighted by Gasteiger charge is 2.31. The summed E-state index contributed by atoms with van der Waals surface area (Å²) < 4.78 is 0. The van der Waals surface area contributed by atoms with Crippen LogP contribution in [0.3, 0.4) is 0 Å². The second kappa shape index (κ2) is 16.6. The number of rotatable bonds is 18. The van der Waals surface area contributed by atoms with Gasteiger partial charge in [0, 0.05) is 23.5 Å². The zero-order valence-corrected chi connectivity index (χ0v) is 23.4. The van der Waals surface area contributed by atoms with E-state index in [1.54, 1.807) is 20.0 Å². The molecule has 2 rings (SSSR count). The maximum absolute atomic E-state index is 13.6. The molecule has 0 saturated carbocycles. The molecule has 0 aliphatic rings. The molecule has 222 valence electrons. The molecule has 1 heterocycles. The molecule has 0 saturated heterocycles. The molecule has 0 bridgehead atoms. The van der Waals surface area contributed by atoms with Gasteiger partial charge < -0.3 is 43.2 Å². The summed E-state index contributed by atoms with van der Waals surface area (Å²) in [5.74, 6) is -3.19. The number of carbonyl (C=O) groups is 4. The summed E-state index contributed by atoms with van der Waals surface area (Å²) in [5.41, 5.74) is 18.9. The third-order valence-corrected chi connectivity index (χ3v) is 6.85. The van der Waals surface area contributed by atoms with E-state index in [2.05, 4.69) is 20.9 Å². The van der Waals surface area contributed by atoms with Crippen molar-refractivity contribution in [2.45, 2.75) is 83.0 Å². The molecule has 0 fully saturated rings. The van der Waals surface area contributed by atoms with Crippen LogP contribution >= 0.6 is 0 Å². The van der Waals surface area contributed by atoms with E-state index in [0.717, 1.165) is 22.9 Å². The predicted molar refractivity (Wildman–Crippen MR) is 154 cm³/mol. The normalized spacial score (nSPS) is 14.3. The van der Waals surface area contributed by atoms with Gasteiger partial charge in [0.2, 0.25) is 17.7 Å². The summed E-state index contributed by atoms with van der Waals surface area (Å²) in [6, 6.07) is 3.61. The standard InChI is InChI=1S/C28H45N7O5/c1-17(2)24(28(39)40)35-26(37)22(12-6-8-14-30)33-27(38)23(34-25(36)20(31)10-5-7-13-29)15-18-16-32-21-11-4-3-9-19(18)21/h3-4,9,11,16-17,20,22-24,32H,5-8,10,12-15,29-31H2,1-2H3,(H,33,38)(H,34,36)(H,35,37)(H,39,40). The van der Waals surface area contributed by atoms with Gasteiger partial charge in [0.15, 0.2) is 0 Å². The molecule has 1 aromatic heterocycles. The van der Waals surface area contributed by atoms with Crippen molar-refractivity contribution in [3.05, 3.63) is 36.0 Å². The van der Waals surface area contributed by atoms with Crippen molar-refractivity contribution in [2.24, 2.45) is 23.1 Å². The Morgan fingerprint density at radius 1 is 0.850 bits per heavy atom. The van der Waals surface area contributed by atoms with Gasteiger partial charge in [-0.3, -0.25) is 14.4 Å². The lowest BCUT2D eigenvalue weighted by Gasteiger charge is -2.26. The number of aromatic amines is 1. The highest BCUT2D eigenvalue weighted by molar-refractivity contribution is 5.94. The van der Waals surface area contributed by atoms with Gasteiger partial charge in [-0.1, -0.05) is 38.5 Å². The third kappa shape index (κ3) is 9.92. The van der Waals surface area contributed by atoms with Crippen LogP contribution in [0.15, 0.2) is 30.5 Å². The minimum absolute atomic E-state index is 0.151. The first-order valence-corrected chi connectivity index (χ1v) is 13.9. The molecule has 4 atom stereocenters. The Bertz CT molecular complexity index is 1120. The molecule has 12 nitrogen and oxygen atoms in total. The fourth-order valence-corrected chi connectivity index (χ4v) is 4.45. The van der Waals surface area contributed by atoms with Crippen molar-refractivity contribution in [2.75, 3.05) is 13.1 Å². The number of hydrogen-bond donors (Lipinski definition) is 8. The molecular weight excluding hydrogens is 514 g/mol. The van der Waals surface area contributed by atoms with Crippen LogP contribution in [0.25, 0.3) is 10.9 Å². The van der Waals surface area contributed by atoms with E-state index in [4.69, 9.17) is 17.2 Å². The van der Waals surface area contributed by atoms with E-state index in [1.807, 2.05) is 24.3 Å². The molecule has 0 aliphatic carbocycles. The molecule has 3 amide bonds. The van der Waals surface area contributed by atoms with Gasteiger partial charge in [0.25, 0.3) is 0 Å². The number of unbranched alkanes of at least 4 members (excludes halogenated alkanes) is 2. The van der Waals surface area contributed by atoms with E-state index in [0.29, 0.717) is 38.8 Å². The van der Waals surface area contributed by atoms with Crippen LogP contribution in [0.4, 0.5) is 0 Å². The van der Waals surface area contributed by atoms with Crippen LogP contribution in [-0.2, 0) is 25.6 Å². The molecule has 0 aliphatic heterocycles. The van der Waals surface area contributed by atoms with Crippen molar-refractivity contribution < 1.29 is 24.3 Å². The SMILES string of the molecule is CC(C)C(NC(=O)C(CCCCN)NC(=O)C(Cc1c[nH]c2ccccc12)NC(=O)C(N)CCCCN)C(=O)O. The molecule has 1 aromatic carbocycles. The van der Waals surface area contributed by atoms with Gasteiger partial charge >= 0.3 is 5.97 Å². The molecule has 40 heavy (non-hydrogen) atoms. The summed E-state index contributed by atoms with van der Waals surface area (Å²) >= 11 is 0. The minimum Gasteiger partial charge on any atom is -0.480 e. The summed E-state index contributed by atoms with van der Waals surface area (Å²) in [4.78, 5) is 54.5. The van der Waals surface area contributed by atoms with Gasteiger partial charge in [0.05, 0.1) is 6.04 Å². The number of carboxylic acid groups (broad SMARTS) is 1. The van der Waals surface area contributed by atoms with Gasteiger partial charge in [-0.05, 0) is 62.7 Å². The van der Waals surface area contributed by atoms with Gasteiger partial charge in [-0.15, -0.1) is 0 Å². The van der Waals surface area contributed by atoms with E-state index in [9.17, 15) is 24.3 Å². The summed E-state index contributed by atoms with van der Waals surface area (Å²) in [6.07, 6.45) is 5.18. The number of aromatic nitrogens is 1. The van der Waals surface area contributed by atoms with E-state index in [-0.39, 0.29) is 18.8 Å². The Morgan fingerprint density at radius 3 is 2.08 bits per heavy atom. The number of amides is 3. The van der Waals surface area contributed by atoms with Crippen LogP contribution in [0.1, 0.15) is 57.9 Å². The van der Waals surface area contributed by atoms with Crippen LogP contribution < -0.4 is 33.2 Å². The summed E-state index contributed by atoms with van der Waals surface area (Å²) in [5, 5.41) is 18.5. The average molecular weight is 560 g/mol. The lowest BCUT2D eigenvalue weighted by atomic mass is 10.0. The molecule has 12 heteroatoms. The van der Waals surface area contributed by atoms with E-state index >= 15 is 0 Å². The molecule has 11 N–H and O–H groups in total. The summed E-state index contributed by atoms with van der Waals surface area (Å²) in [6.45, 7) is 4.27. The maximum Gasteiger partial charge on any atom is 0.326 e. The fourth-order valence-electron chi connectivity index (χ4n) is 4.45. The quantitative estimate of drug-likeness (QED) is 0.120. The zero-order chi connectivity index (χ0) is 29.7. The number of aliphatic carboxylic acids is 1. The van der Waals surface area contributed by atoms with E-state index in [1.165, 1.54) is 0 Å². The minimum atomic E-state index is -1.16. The first-order chi connectivity index (χ1) is 19.1. The Balaban J connectivity index is 2.28. The molecular formula is C28H45N7O5. The molecule has 0 spiro atoms. The Hall–Kier alpha value is -3.48. The van der Waals surface area contributed by atoms with Crippen molar-refractivity contribution in [3.8, 4) is 0 Å². The van der Waals surface area contributed by atoms with Crippen molar-refractivity contribution in [1.29, 1.82) is 0 Å². The van der Waals surface area contributed by atoms with Gasteiger partial charge in [-0.25, -0.2) is 4.79 Å². The second-order valence-electron chi connectivity index (χ2n) is 10.4. The Kier molecular flexibility index (Phi) is 13.6. The lowest BCUT2D eigenvalue weighted by Crippen LogP contribution is -2.58. The van der Waals surface area contributed by atoms with Crippen molar-refractivity contribution >= 4 is 34.6 Å². The second-order valence-corrected chi connectivity index (χ2v) is 10.4. The van der Waals surface area contributed by atoms with E-state index < -0.39 is 47.9 Å². The maximum atomic E-state index is 13.6. The number of benzene rings is 1. The van der Waals surface area contributed by atoms with Crippen LogP contribution in [0.2, 0.25) is 0 Å². The topological polar surface area (TPSA) is 218 Å². The first kappa shape index (κ1) is 32.7. The predicted octanol–water partition coefficient (Wildman–Crippen LogP) is 0.491. The molecule has 0 radical (unpaired) electrons. The van der Waals surface area contributed by atoms with Crippen molar-refractivity contribution in [3.63, 3.8) is 0 Å². The number of nitrogens with one attached hydrogen (secondary N) is 4. The smallest absolute Gasteiger partial charge is 0.326 e. The lowest BCUT2D eigenvalue weighted by molar-refractivity contribution is -0.143. The zero-order valence-electron chi connectivity index (χ0n) is 23.4. The Labute approximate surface area is 235 Å². The number of nitrogens with two attached hydrogens (primary N) is 3. The monoisotopic (exact) mass is 559 g/mol. The number of hydrogen-bond acceptors (Lipinski definition) is 7. The third-order valence-electron chi connectivity index (χ3n) is 6.85. The highest BCUT2D eigenvalue weighted by Crippen LogP contribution is 2.19. The number of para-hydroxylation sites is 1. The van der Waals surface area contributed by atoms with Crippen LogP contribution in [0.5, 0.6) is 0 Å². The number of fused-ring (bicyclic) bond motifs is 1. The van der Waals surface area contributed by atoms with Crippen molar-refractivity contribution in [1.82, 2.24) is 20.9 Å². The number of carboxylic acids is 1. The number of H-pyrrole nitrogens is 1. The highest BCUT2D eigenvalue weighted by atomic mass is 16.4. The molecule has 2 aromatic rings. The Morgan fingerprint density at radius 2 is 1.45 bits per heavy atom. The fraction of sp³-hybridized carbons (Fsp3) is 0.571. The number of carbonyl (C=O) groups excluding carboxylic acids is 3.